The molecule has 1 amide bonds. The topological polar surface area (TPSA) is 77.2 Å². The summed E-state index contributed by atoms with van der Waals surface area (Å²) in [7, 11) is 1.56. The molecule has 3 rings (SSSR count). The second-order valence-corrected chi connectivity index (χ2v) is 6.89. The highest BCUT2D eigenvalue weighted by Gasteiger charge is 2.19. The first-order valence-electron chi connectivity index (χ1n) is 8.27. The summed E-state index contributed by atoms with van der Waals surface area (Å²) in [5, 5.41) is 10.5. The van der Waals surface area contributed by atoms with Crippen molar-refractivity contribution in [2.75, 3.05) is 12.4 Å². The van der Waals surface area contributed by atoms with Gasteiger partial charge in [-0.05, 0) is 35.2 Å². The maximum Gasteiger partial charge on any atom is 0.313 e. The molecule has 1 aromatic heterocycles. The number of nitrogens with zero attached hydrogens (tertiary/aromatic N) is 2. The van der Waals surface area contributed by atoms with Crippen LogP contribution in [0.1, 0.15) is 37.0 Å². The summed E-state index contributed by atoms with van der Waals surface area (Å²) >= 11 is 0. The number of carbonyl (C=O) groups excluding carboxylic acids is 1. The Morgan fingerprint density at radius 1 is 1.04 bits per heavy atom. The number of anilines is 1. The van der Waals surface area contributed by atoms with Gasteiger partial charge in [0.2, 0.25) is 0 Å². The summed E-state index contributed by atoms with van der Waals surface area (Å²) in [6.07, 6.45) is 0. The van der Waals surface area contributed by atoms with Gasteiger partial charge < -0.3 is 14.5 Å². The minimum absolute atomic E-state index is 0.0542. The van der Waals surface area contributed by atoms with Gasteiger partial charge in [-0.2, -0.15) is 0 Å². The Labute approximate surface area is 152 Å². The molecule has 134 valence electrons. The van der Waals surface area contributed by atoms with Crippen molar-refractivity contribution in [3.63, 3.8) is 0 Å². The molecule has 0 radical (unpaired) electrons. The summed E-state index contributed by atoms with van der Waals surface area (Å²) in [6, 6.07) is 14.9. The van der Waals surface area contributed by atoms with Gasteiger partial charge in [0.25, 0.3) is 5.89 Å². The van der Waals surface area contributed by atoms with Gasteiger partial charge >= 0.3 is 11.8 Å². The standard InChI is InChI=1S/C20H21N3O3/c1-20(2,3)13-9-11-14(12-10-13)21-17(24)19-23-22-18(26-19)15-7-5-6-8-16(15)25-4/h5-12H,1-4H3,(H,21,24). The zero-order valence-corrected chi connectivity index (χ0v) is 15.2. The summed E-state index contributed by atoms with van der Waals surface area (Å²) in [4.78, 5) is 12.4. The number of para-hydroxylation sites is 1. The number of hydrogen-bond acceptors (Lipinski definition) is 5. The van der Waals surface area contributed by atoms with Crippen LogP contribution in [0.2, 0.25) is 0 Å². The lowest BCUT2D eigenvalue weighted by Gasteiger charge is -2.19. The van der Waals surface area contributed by atoms with Crippen LogP contribution in [0.3, 0.4) is 0 Å². The maximum absolute atomic E-state index is 12.4. The Bertz CT molecular complexity index is 909. The van der Waals surface area contributed by atoms with Gasteiger partial charge in [0, 0.05) is 5.69 Å². The zero-order chi connectivity index (χ0) is 18.7. The van der Waals surface area contributed by atoms with Gasteiger partial charge in [-0.1, -0.05) is 45.0 Å². The molecule has 1 N–H and O–H groups in total. The van der Waals surface area contributed by atoms with Crippen molar-refractivity contribution in [3.05, 3.63) is 60.0 Å². The second-order valence-electron chi connectivity index (χ2n) is 6.89. The molecule has 6 heteroatoms. The third-order valence-corrected chi connectivity index (χ3v) is 3.97. The van der Waals surface area contributed by atoms with E-state index < -0.39 is 5.91 Å². The number of aromatic nitrogens is 2. The number of carbonyl (C=O) groups is 1. The van der Waals surface area contributed by atoms with Crippen LogP contribution in [0.25, 0.3) is 11.5 Å². The second kappa shape index (κ2) is 7.00. The van der Waals surface area contributed by atoms with E-state index in [1.54, 1.807) is 19.2 Å². The van der Waals surface area contributed by atoms with Crippen molar-refractivity contribution in [1.29, 1.82) is 0 Å². The van der Waals surface area contributed by atoms with Crippen LogP contribution in [-0.2, 0) is 5.41 Å². The Kier molecular flexibility index (Phi) is 4.75. The number of ether oxygens (including phenoxy) is 1. The lowest BCUT2D eigenvalue weighted by atomic mass is 9.87. The number of amides is 1. The molecule has 0 saturated heterocycles. The van der Waals surface area contributed by atoms with E-state index in [0.29, 0.717) is 17.0 Å². The number of rotatable bonds is 4. The molecule has 1 heterocycles. The van der Waals surface area contributed by atoms with Crippen molar-refractivity contribution in [1.82, 2.24) is 10.2 Å². The maximum atomic E-state index is 12.4. The third-order valence-electron chi connectivity index (χ3n) is 3.97. The average molecular weight is 351 g/mol. The summed E-state index contributed by atoms with van der Waals surface area (Å²) in [5.74, 6) is 0.268. The molecule has 26 heavy (non-hydrogen) atoms. The number of benzene rings is 2. The summed E-state index contributed by atoms with van der Waals surface area (Å²) in [5.41, 5.74) is 2.54. The van der Waals surface area contributed by atoms with Gasteiger partial charge in [-0.15, -0.1) is 10.2 Å². The van der Waals surface area contributed by atoms with E-state index in [2.05, 4.69) is 36.3 Å². The molecular weight excluding hydrogens is 330 g/mol. The molecular formula is C20H21N3O3. The molecule has 0 aliphatic rings. The predicted molar refractivity (Wildman–Crippen MR) is 99.4 cm³/mol. The smallest absolute Gasteiger partial charge is 0.313 e. The van der Waals surface area contributed by atoms with E-state index in [4.69, 9.17) is 9.15 Å². The molecule has 0 unspecified atom stereocenters. The molecule has 0 saturated carbocycles. The highest BCUT2D eigenvalue weighted by Crippen LogP contribution is 2.28. The van der Waals surface area contributed by atoms with Crippen molar-refractivity contribution in [2.24, 2.45) is 0 Å². The van der Waals surface area contributed by atoms with Crippen molar-refractivity contribution >= 4 is 11.6 Å². The van der Waals surface area contributed by atoms with Crippen LogP contribution >= 0.6 is 0 Å². The first kappa shape index (κ1) is 17.7. The predicted octanol–water partition coefficient (Wildman–Crippen LogP) is 4.30. The van der Waals surface area contributed by atoms with Gasteiger partial charge in [0.15, 0.2) is 0 Å². The highest BCUT2D eigenvalue weighted by atomic mass is 16.5. The summed E-state index contributed by atoms with van der Waals surface area (Å²) in [6.45, 7) is 6.41. The van der Waals surface area contributed by atoms with Crippen molar-refractivity contribution < 1.29 is 13.9 Å². The van der Waals surface area contributed by atoms with Gasteiger partial charge in [-0.25, -0.2) is 0 Å². The van der Waals surface area contributed by atoms with Crippen molar-refractivity contribution in [3.8, 4) is 17.2 Å². The van der Waals surface area contributed by atoms with E-state index >= 15 is 0 Å². The largest absolute Gasteiger partial charge is 0.496 e. The Balaban J connectivity index is 1.76. The lowest BCUT2D eigenvalue weighted by Crippen LogP contribution is -2.14. The molecule has 0 atom stereocenters. The van der Waals surface area contributed by atoms with Crippen molar-refractivity contribution in [2.45, 2.75) is 26.2 Å². The Morgan fingerprint density at radius 3 is 2.38 bits per heavy atom. The van der Waals surface area contributed by atoms with E-state index in [1.165, 1.54) is 5.56 Å². The zero-order valence-electron chi connectivity index (χ0n) is 15.2. The quantitative estimate of drug-likeness (QED) is 0.758. The fourth-order valence-corrected chi connectivity index (χ4v) is 2.48. The normalized spacial score (nSPS) is 11.2. The minimum atomic E-state index is -0.456. The summed E-state index contributed by atoms with van der Waals surface area (Å²) < 4.78 is 10.8. The van der Waals surface area contributed by atoms with E-state index in [9.17, 15) is 4.79 Å². The molecule has 0 spiro atoms. The number of methoxy groups -OCH3 is 1. The number of nitrogens with one attached hydrogen (secondary N) is 1. The molecule has 0 bridgehead atoms. The fraction of sp³-hybridized carbons (Fsp3) is 0.250. The van der Waals surface area contributed by atoms with Crippen LogP contribution in [0.5, 0.6) is 5.75 Å². The average Bonchev–Trinajstić information content (AvgIpc) is 3.11. The SMILES string of the molecule is COc1ccccc1-c1nnc(C(=O)Nc2ccc(C(C)(C)C)cc2)o1. The molecule has 0 aliphatic heterocycles. The Morgan fingerprint density at radius 2 is 1.73 bits per heavy atom. The van der Waals surface area contributed by atoms with Crippen LogP contribution in [0, 0.1) is 0 Å². The molecule has 2 aromatic carbocycles. The van der Waals surface area contributed by atoms with Crippen LogP contribution in [-0.4, -0.2) is 23.2 Å². The number of hydrogen-bond donors (Lipinski definition) is 1. The fourth-order valence-electron chi connectivity index (χ4n) is 2.48. The van der Waals surface area contributed by atoms with Crippen LogP contribution in [0.15, 0.2) is 52.9 Å². The molecule has 3 aromatic rings. The highest BCUT2D eigenvalue weighted by molar-refractivity contribution is 6.01. The molecule has 6 nitrogen and oxygen atoms in total. The molecule has 0 fully saturated rings. The Hall–Kier alpha value is -3.15. The third kappa shape index (κ3) is 3.74. The monoisotopic (exact) mass is 351 g/mol. The van der Waals surface area contributed by atoms with E-state index in [1.807, 2.05) is 36.4 Å². The molecule has 0 aliphatic carbocycles. The van der Waals surface area contributed by atoms with E-state index in [0.717, 1.165) is 0 Å². The lowest BCUT2D eigenvalue weighted by molar-refractivity contribution is 0.0991. The van der Waals surface area contributed by atoms with Crippen LogP contribution < -0.4 is 10.1 Å². The van der Waals surface area contributed by atoms with E-state index in [-0.39, 0.29) is 17.2 Å². The van der Waals surface area contributed by atoms with Gasteiger partial charge in [0.1, 0.15) is 5.75 Å². The minimum Gasteiger partial charge on any atom is -0.496 e. The van der Waals surface area contributed by atoms with Crippen LogP contribution in [0.4, 0.5) is 5.69 Å². The first-order chi connectivity index (χ1) is 12.4. The first-order valence-corrected chi connectivity index (χ1v) is 8.27. The van der Waals surface area contributed by atoms with Gasteiger partial charge in [-0.3, -0.25) is 4.79 Å². The van der Waals surface area contributed by atoms with Gasteiger partial charge in [0.05, 0.1) is 12.7 Å².